The molecule has 0 fully saturated rings. The van der Waals surface area contributed by atoms with Gasteiger partial charge in [0.15, 0.2) is 0 Å². The zero-order valence-electron chi connectivity index (χ0n) is 17.9. The fourth-order valence-electron chi connectivity index (χ4n) is 2.57. The van der Waals surface area contributed by atoms with E-state index in [0.717, 1.165) is 0 Å². The number of aliphatic hydroxyl groups is 1. The summed E-state index contributed by atoms with van der Waals surface area (Å²) in [7, 11) is 0. The van der Waals surface area contributed by atoms with Crippen molar-refractivity contribution in [2.24, 2.45) is 17.4 Å². The first-order valence-corrected chi connectivity index (χ1v) is 9.78. The summed E-state index contributed by atoms with van der Waals surface area (Å²) in [6.07, 6.45) is -1.41. The monoisotopic (exact) mass is 461 g/mol. The topological polar surface area (TPSA) is 251 Å². The van der Waals surface area contributed by atoms with Crippen LogP contribution in [0.1, 0.15) is 39.5 Å². The third-order valence-electron chi connectivity index (χ3n) is 4.18. The molecule has 4 unspecified atom stereocenters. The fraction of sp³-hybridized carbons (Fsp3) is 0.667. The van der Waals surface area contributed by atoms with Gasteiger partial charge in [-0.2, -0.15) is 0 Å². The second-order valence-corrected chi connectivity index (χ2v) is 7.54. The molecular weight excluding hydrogens is 430 g/mol. The fourth-order valence-corrected chi connectivity index (χ4v) is 2.57. The largest absolute Gasteiger partial charge is 0.481 e. The number of hydrogen-bond donors (Lipinski definition) is 8. The van der Waals surface area contributed by atoms with Crippen LogP contribution in [0.15, 0.2) is 0 Å². The normalized spacial score (nSPS) is 14.5. The first-order chi connectivity index (χ1) is 14.8. The summed E-state index contributed by atoms with van der Waals surface area (Å²) in [5, 5.41) is 33.6. The van der Waals surface area contributed by atoms with Gasteiger partial charge in [-0.15, -0.1) is 0 Å². The average molecular weight is 461 g/mol. The summed E-state index contributed by atoms with van der Waals surface area (Å²) in [4.78, 5) is 70.2. The van der Waals surface area contributed by atoms with Crippen LogP contribution < -0.4 is 27.4 Å². The second-order valence-electron chi connectivity index (χ2n) is 7.54. The van der Waals surface area contributed by atoms with Gasteiger partial charge in [-0.1, -0.05) is 13.8 Å². The number of amides is 4. The summed E-state index contributed by atoms with van der Waals surface area (Å²) in [5.41, 5.74) is 10.8. The van der Waals surface area contributed by atoms with Gasteiger partial charge in [-0.25, -0.2) is 4.79 Å². The van der Waals surface area contributed by atoms with E-state index < -0.39 is 85.6 Å². The first kappa shape index (κ1) is 28.7. The molecule has 0 aliphatic heterocycles. The van der Waals surface area contributed by atoms with Crippen molar-refractivity contribution in [2.45, 2.75) is 63.7 Å². The molecule has 4 atom stereocenters. The van der Waals surface area contributed by atoms with Crippen molar-refractivity contribution in [3.8, 4) is 0 Å². The summed E-state index contributed by atoms with van der Waals surface area (Å²) in [6.45, 7) is 2.81. The molecule has 0 aromatic rings. The van der Waals surface area contributed by atoms with Gasteiger partial charge in [0.1, 0.15) is 18.1 Å². The third-order valence-corrected chi connectivity index (χ3v) is 4.18. The SMILES string of the molecule is CC(C)CC(N)C(=O)NC(CO)C(=O)NC(CC(N)=O)C(=O)NC(CCC(=O)O)C(=O)O. The summed E-state index contributed by atoms with van der Waals surface area (Å²) >= 11 is 0. The van der Waals surface area contributed by atoms with Crippen molar-refractivity contribution in [3.63, 3.8) is 0 Å². The van der Waals surface area contributed by atoms with Crippen molar-refractivity contribution in [3.05, 3.63) is 0 Å². The maximum atomic E-state index is 12.4. The lowest BCUT2D eigenvalue weighted by molar-refractivity contribution is -0.143. The van der Waals surface area contributed by atoms with E-state index in [1.807, 2.05) is 19.2 Å². The number of nitrogens with two attached hydrogens (primary N) is 2. The Labute approximate surface area is 184 Å². The molecule has 0 heterocycles. The Morgan fingerprint density at radius 2 is 1.34 bits per heavy atom. The number of nitrogens with one attached hydrogen (secondary N) is 3. The van der Waals surface area contributed by atoms with E-state index in [0.29, 0.717) is 6.42 Å². The van der Waals surface area contributed by atoms with Crippen LogP contribution in [0.4, 0.5) is 0 Å². The number of hydrogen-bond acceptors (Lipinski definition) is 8. The highest BCUT2D eigenvalue weighted by Gasteiger charge is 2.31. The van der Waals surface area contributed by atoms with Crippen LogP contribution in [-0.4, -0.2) is 81.7 Å². The Balaban J connectivity index is 5.28. The number of carbonyl (C=O) groups is 6. The number of carbonyl (C=O) groups excluding carboxylic acids is 4. The van der Waals surface area contributed by atoms with Gasteiger partial charge in [0.25, 0.3) is 0 Å². The van der Waals surface area contributed by atoms with Crippen LogP contribution in [0, 0.1) is 5.92 Å². The maximum absolute atomic E-state index is 12.4. The van der Waals surface area contributed by atoms with Gasteiger partial charge in [-0.3, -0.25) is 24.0 Å². The highest BCUT2D eigenvalue weighted by molar-refractivity contribution is 5.96. The van der Waals surface area contributed by atoms with Crippen molar-refractivity contribution >= 4 is 35.6 Å². The molecule has 4 amide bonds. The molecule has 0 rings (SSSR count). The lowest BCUT2D eigenvalue weighted by Gasteiger charge is -2.24. The molecule has 32 heavy (non-hydrogen) atoms. The third kappa shape index (κ3) is 11.2. The Bertz CT molecular complexity index is 713. The van der Waals surface area contributed by atoms with Crippen molar-refractivity contribution in [1.82, 2.24) is 16.0 Å². The molecule has 0 bridgehead atoms. The van der Waals surface area contributed by atoms with Crippen molar-refractivity contribution < 1.29 is 44.1 Å². The molecule has 0 spiro atoms. The number of primary amides is 1. The Morgan fingerprint density at radius 3 is 1.78 bits per heavy atom. The molecule has 182 valence electrons. The first-order valence-electron chi connectivity index (χ1n) is 9.78. The molecule has 0 aromatic carbocycles. The minimum Gasteiger partial charge on any atom is -0.481 e. The molecule has 0 radical (unpaired) electrons. The molecule has 0 aliphatic carbocycles. The summed E-state index contributed by atoms with van der Waals surface area (Å²) in [5.74, 6) is -6.61. The Kier molecular flexibility index (Phi) is 12.5. The highest BCUT2D eigenvalue weighted by Crippen LogP contribution is 2.04. The highest BCUT2D eigenvalue weighted by atomic mass is 16.4. The zero-order valence-corrected chi connectivity index (χ0v) is 17.9. The molecule has 0 saturated heterocycles. The number of carboxylic acid groups (broad SMARTS) is 2. The smallest absolute Gasteiger partial charge is 0.326 e. The van der Waals surface area contributed by atoms with Gasteiger partial charge in [0.2, 0.25) is 23.6 Å². The van der Waals surface area contributed by atoms with Gasteiger partial charge in [-0.05, 0) is 18.8 Å². The van der Waals surface area contributed by atoms with Crippen LogP contribution in [0.5, 0.6) is 0 Å². The summed E-state index contributed by atoms with van der Waals surface area (Å²) in [6, 6.07) is -5.70. The van der Waals surface area contributed by atoms with Gasteiger partial charge in [0.05, 0.1) is 19.1 Å². The van der Waals surface area contributed by atoms with E-state index in [1.54, 1.807) is 0 Å². The van der Waals surface area contributed by atoms with Crippen LogP contribution >= 0.6 is 0 Å². The molecule has 14 nitrogen and oxygen atoms in total. The van der Waals surface area contributed by atoms with Crippen molar-refractivity contribution in [2.75, 3.05) is 6.61 Å². The average Bonchev–Trinajstić information content (AvgIpc) is 2.66. The minimum atomic E-state index is -1.64. The molecule has 0 saturated carbocycles. The lowest BCUT2D eigenvalue weighted by atomic mass is 10.0. The molecular formula is C18H31N5O9. The van der Waals surface area contributed by atoms with Crippen LogP contribution in [0.3, 0.4) is 0 Å². The molecule has 10 N–H and O–H groups in total. The standard InChI is InChI=1S/C18H31N5O9/c1-8(2)5-9(19)15(28)23-12(7-24)17(30)22-11(6-13(20)25)16(29)21-10(18(31)32)3-4-14(26)27/h8-12,24H,3-7,19H2,1-2H3,(H2,20,25)(H,21,29)(H,22,30)(H,23,28)(H,26,27)(H,31,32). The van der Waals surface area contributed by atoms with E-state index in [2.05, 4.69) is 10.6 Å². The number of carboxylic acids is 2. The van der Waals surface area contributed by atoms with Crippen LogP contribution in [0.25, 0.3) is 0 Å². The number of aliphatic carboxylic acids is 2. The van der Waals surface area contributed by atoms with E-state index in [-0.39, 0.29) is 5.92 Å². The predicted molar refractivity (Wildman–Crippen MR) is 109 cm³/mol. The van der Waals surface area contributed by atoms with E-state index in [4.69, 9.17) is 21.7 Å². The number of aliphatic hydroxyl groups excluding tert-OH is 1. The number of rotatable bonds is 15. The quantitative estimate of drug-likeness (QED) is 0.120. The molecule has 0 aromatic heterocycles. The van der Waals surface area contributed by atoms with Gasteiger partial charge in [0, 0.05) is 6.42 Å². The van der Waals surface area contributed by atoms with Crippen LogP contribution in [-0.2, 0) is 28.8 Å². The zero-order chi connectivity index (χ0) is 25.0. The van der Waals surface area contributed by atoms with E-state index in [1.165, 1.54) is 0 Å². The Hall–Kier alpha value is -3.26. The Morgan fingerprint density at radius 1 is 0.844 bits per heavy atom. The van der Waals surface area contributed by atoms with Crippen molar-refractivity contribution in [1.29, 1.82) is 0 Å². The van der Waals surface area contributed by atoms with Gasteiger partial charge < -0.3 is 42.7 Å². The maximum Gasteiger partial charge on any atom is 0.326 e. The van der Waals surface area contributed by atoms with Gasteiger partial charge >= 0.3 is 11.9 Å². The predicted octanol–water partition coefficient (Wildman–Crippen LogP) is -3.37. The lowest BCUT2D eigenvalue weighted by Crippen LogP contribution is -2.58. The van der Waals surface area contributed by atoms with E-state index in [9.17, 15) is 33.9 Å². The minimum absolute atomic E-state index is 0.0871. The van der Waals surface area contributed by atoms with E-state index >= 15 is 0 Å². The molecule has 0 aliphatic rings. The summed E-state index contributed by atoms with van der Waals surface area (Å²) < 4.78 is 0. The van der Waals surface area contributed by atoms with Crippen LogP contribution in [0.2, 0.25) is 0 Å². The molecule has 14 heteroatoms. The second kappa shape index (κ2) is 13.9.